The maximum Gasteiger partial charge on any atom is 0.263 e. The number of carbonyl (C=O) groups excluding carboxylic acids is 2. The van der Waals surface area contributed by atoms with Gasteiger partial charge in [-0.3, -0.25) is 9.59 Å². The van der Waals surface area contributed by atoms with Crippen LogP contribution in [0.3, 0.4) is 0 Å². The molecule has 1 aromatic heterocycles. The highest BCUT2D eigenvalue weighted by molar-refractivity contribution is 6.42. The molecule has 5 rings (SSSR count). The molecule has 1 saturated carbocycles. The molecule has 2 amide bonds. The minimum atomic E-state index is -1.06. The van der Waals surface area contributed by atoms with E-state index < -0.39 is 5.60 Å². The number of anilines is 1. The first-order valence-electron chi connectivity index (χ1n) is 12.2. The third-order valence-electron chi connectivity index (χ3n) is 7.07. The van der Waals surface area contributed by atoms with E-state index in [0.717, 1.165) is 44.3 Å². The van der Waals surface area contributed by atoms with E-state index in [2.05, 4.69) is 20.5 Å². The topological polar surface area (TPSA) is 83.6 Å². The molecule has 2 N–H and O–H groups in total. The summed E-state index contributed by atoms with van der Waals surface area (Å²) in [5.74, 6) is 1.18. The smallest absolute Gasteiger partial charge is 0.263 e. The molecule has 2 saturated heterocycles. The molecular weight excluding hydrogens is 487 g/mol. The SMILES string of the molecule is CC(C)(Oc1ccc(Cl)c(Cl)c1)C(=O)N[C@H]1C[C@H]2CC[C@@H](C1)N2c1ccc(C(=O)NC2CC2)cn1. The molecule has 3 atom stereocenters. The average molecular weight is 517 g/mol. The predicted octanol–water partition coefficient (Wildman–Crippen LogP) is 4.75. The van der Waals surface area contributed by atoms with Crippen molar-refractivity contribution < 1.29 is 14.3 Å². The van der Waals surface area contributed by atoms with E-state index in [4.69, 9.17) is 27.9 Å². The fourth-order valence-corrected chi connectivity index (χ4v) is 5.37. The van der Waals surface area contributed by atoms with Gasteiger partial charge in [-0.1, -0.05) is 23.2 Å². The maximum atomic E-state index is 13.1. The molecule has 3 heterocycles. The van der Waals surface area contributed by atoms with Gasteiger partial charge in [0.25, 0.3) is 11.8 Å². The molecule has 2 aliphatic heterocycles. The summed E-state index contributed by atoms with van der Waals surface area (Å²) in [5, 5.41) is 7.03. The predicted molar refractivity (Wildman–Crippen MR) is 136 cm³/mol. The fraction of sp³-hybridized carbons (Fsp3) is 0.500. The number of hydrogen-bond acceptors (Lipinski definition) is 5. The van der Waals surface area contributed by atoms with Gasteiger partial charge < -0.3 is 20.3 Å². The average Bonchev–Trinajstić information content (AvgIpc) is 3.59. The Balaban J connectivity index is 1.19. The summed E-state index contributed by atoms with van der Waals surface area (Å²) >= 11 is 12.1. The zero-order chi connectivity index (χ0) is 24.7. The standard InChI is InChI=1S/C26H30Cl2N4O3/c1-26(2,35-20-8-9-21(27)22(28)13-20)25(34)31-17-11-18-6-7-19(12-17)32(18)23-10-3-15(14-29-23)24(33)30-16-4-5-16/h3,8-10,13-14,16-19H,4-7,11-12H2,1-2H3,(H,30,33)(H,31,34)/t17-,18+,19-. The van der Waals surface area contributed by atoms with Gasteiger partial charge in [-0.05, 0) is 76.6 Å². The normalized spacial score (nSPS) is 23.7. The van der Waals surface area contributed by atoms with Crippen molar-refractivity contribution in [2.24, 2.45) is 0 Å². The minimum absolute atomic E-state index is 0.0540. The minimum Gasteiger partial charge on any atom is -0.478 e. The van der Waals surface area contributed by atoms with Crippen LogP contribution in [0, 0.1) is 0 Å². The number of nitrogens with one attached hydrogen (secondary N) is 2. The Morgan fingerprint density at radius 2 is 1.69 bits per heavy atom. The Labute approximate surface area is 215 Å². The van der Waals surface area contributed by atoms with Gasteiger partial charge >= 0.3 is 0 Å². The zero-order valence-electron chi connectivity index (χ0n) is 19.9. The number of pyridine rings is 1. The zero-order valence-corrected chi connectivity index (χ0v) is 21.4. The molecule has 0 radical (unpaired) electrons. The Morgan fingerprint density at radius 1 is 0.971 bits per heavy atom. The number of halogens is 2. The van der Waals surface area contributed by atoms with Crippen LogP contribution >= 0.6 is 23.2 Å². The number of fused-ring (bicyclic) bond motifs is 2. The molecule has 35 heavy (non-hydrogen) atoms. The van der Waals surface area contributed by atoms with Crippen LogP contribution in [-0.4, -0.2) is 46.6 Å². The van der Waals surface area contributed by atoms with E-state index in [1.807, 2.05) is 12.1 Å². The van der Waals surface area contributed by atoms with Crippen LogP contribution < -0.4 is 20.3 Å². The highest BCUT2D eigenvalue weighted by Gasteiger charge is 2.43. The van der Waals surface area contributed by atoms with E-state index in [9.17, 15) is 9.59 Å². The van der Waals surface area contributed by atoms with Crippen LogP contribution in [-0.2, 0) is 4.79 Å². The number of piperidine rings is 1. The molecule has 9 heteroatoms. The van der Waals surface area contributed by atoms with Crippen molar-refractivity contribution in [1.82, 2.24) is 15.6 Å². The second-order valence-electron chi connectivity index (χ2n) is 10.3. The summed E-state index contributed by atoms with van der Waals surface area (Å²) in [6.45, 7) is 3.50. The molecule has 3 aliphatic rings. The molecular formula is C26H30Cl2N4O3. The first-order valence-corrected chi connectivity index (χ1v) is 13.0. The summed E-state index contributed by atoms with van der Waals surface area (Å²) in [7, 11) is 0. The van der Waals surface area contributed by atoms with Gasteiger partial charge in [-0.15, -0.1) is 0 Å². The van der Waals surface area contributed by atoms with Crippen molar-refractivity contribution >= 4 is 40.8 Å². The number of aromatic nitrogens is 1. The summed E-state index contributed by atoms with van der Waals surface area (Å²) in [5.41, 5.74) is -0.467. The lowest BCUT2D eigenvalue weighted by molar-refractivity contribution is -0.135. The lowest BCUT2D eigenvalue weighted by atomic mass is 9.96. The Bertz CT molecular complexity index is 1110. The van der Waals surface area contributed by atoms with Crippen LogP contribution in [0.5, 0.6) is 5.75 Å². The largest absolute Gasteiger partial charge is 0.478 e. The molecule has 2 bridgehead atoms. The highest BCUT2D eigenvalue weighted by atomic mass is 35.5. The number of hydrogen-bond donors (Lipinski definition) is 2. The van der Waals surface area contributed by atoms with Gasteiger partial charge in [0.05, 0.1) is 15.6 Å². The van der Waals surface area contributed by atoms with Crippen molar-refractivity contribution in [3.05, 3.63) is 52.1 Å². The van der Waals surface area contributed by atoms with Crippen molar-refractivity contribution in [3.8, 4) is 5.75 Å². The Morgan fingerprint density at radius 3 is 2.29 bits per heavy atom. The van der Waals surface area contributed by atoms with Gasteiger partial charge in [-0.25, -0.2) is 4.98 Å². The lowest BCUT2D eigenvalue weighted by Gasteiger charge is -2.40. The number of benzene rings is 1. The van der Waals surface area contributed by atoms with Crippen LogP contribution in [0.25, 0.3) is 0 Å². The Hall–Kier alpha value is -2.51. The van der Waals surface area contributed by atoms with E-state index in [1.54, 1.807) is 38.2 Å². The number of rotatable bonds is 7. The van der Waals surface area contributed by atoms with Crippen LogP contribution in [0.4, 0.5) is 5.82 Å². The first-order chi connectivity index (χ1) is 16.7. The van der Waals surface area contributed by atoms with Gasteiger partial charge in [-0.2, -0.15) is 0 Å². The summed E-state index contributed by atoms with van der Waals surface area (Å²) in [6, 6.07) is 9.77. The molecule has 0 unspecified atom stereocenters. The first kappa shape index (κ1) is 24.2. The fourth-order valence-electron chi connectivity index (χ4n) is 5.08. The third-order valence-corrected chi connectivity index (χ3v) is 7.81. The van der Waals surface area contributed by atoms with Gasteiger partial charge in [0.15, 0.2) is 5.60 Å². The van der Waals surface area contributed by atoms with Gasteiger partial charge in [0, 0.05) is 36.4 Å². The number of ether oxygens (including phenoxy) is 1. The van der Waals surface area contributed by atoms with Gasteiger partial charge in [0.2, 0.25) is 0 Å². The van der Waals surface area contributed by atoms with E-state index in [0.29, 0.717) is 39.5 Å². The van der Waals surface area contributed by atoms with Crippen molar-refractivity contribution in [2.75, 3.05) is 4.90 Å². The van der Waals surface area contributed by atoms with Crippen molar-refractivity contribution in [2.45, 2.75) is 82.1 Å². The Kier molecular flexibility index (Phi) is 6.57. The lowest BCUT2D eigenvalue weighted by Crippen LogP contribution is -2.55. The van der Waals surface area contributed by atoms with E-state index >= 15 is 0 Å². The van der Waals surface area contributed by atoms with Crippen LogP contribution in [0.2, 0.25) is 10.0 Å². The van der Waals surface area contributed by atoms with Crippen LogP contribution in [0.1, 0.15) is 62.7 Å². The number of carbonyl (C=O) groups is 2. The monoisotopic (exact) mass is 516 g/mol. The van der Waals surface area contributed by atoms with Crippen LogP contribution in [0.15, 0.2) is 36.5 Å². The number of amides is 2. The summed E-state index contributed by atoms with van der Waals surface area (Å²) < 4.78 is 5.95. The molecule has 1 aromatic carbocycles. The molecule has 1 aliphatic carbocycles. The molecule has 7 nitrogen and oxygen atoms in total. The quantitative estimate of drug-likeness (QED) is 0.554. The highest BCUT2D eigenvalue weighted by Crippen LogP contribution is 2.39. The third kappa shape index (κ3) is 5.36. The van der Waals surface area contributed by atoms with Crippen molar-refractivity contribution in [3.63, 3.8) is 0 Å². The summed E-state index contributed by atoms with van der Waals surface area (Å²) in [6.07, 6.45) is 7.60. The maximum absolute atomic E-state index is 13.1. The molecule has 3 fully saturated rings. The second-order valence-corrected chi connectivity index (χ2v) is 11.1. The van der Waals surface area contributed by atoms with Crippen molar-refractivity contribution in [1.29, 1.82) is 0 Å². The van der Waals surface area contributed by atoms with Gasteiger partial charge in [0.1, 0.15) is 11.6 Å². The number of nitrogens with zero attached hydrogens (tertiary/aromatic N) is 2. The van der Waals surface area contributed by atoms with E-state index in [1.165, 1.54) is 0 Å². The second kappa shape index (κ2) is 9.51. The molecule has 0 spiro atoms. The molecule has 186 valence electrons. The van der Waals surface area contributed by atoms with E-state index in [-0.39, 0.29) is 17.9 Å². The summed E-state index contributed by atoms with van der Waals surface area (Å²) in [4.78, 5) is 32.3. The molecule has 2 aromatic rings.